The Morgan fingerprint density at radius 3 is 2.71 bits per heavy atom. The summed E-state index contributed by atoms with van der Waals surface area (Å²) in [5, 5.41) is 7.08. The predicted octanol–water partition coefficient (Wildman–Crippen LogP) is 1.47. The Morgan fingerprint density at radius 2 is 2.12 bits per heavy atom. The number of rotatable bonds is 10. The first-order valence-electron chi connectivity index (χ1n) is 9.42. The lowest BCUT2D eigenvalue weighted by molar-refractivity contribution is -0.168. The fraction of sp³-hybridized carbons (Fsp3) is 0.944. The Balaban J connectivity index is 1.68. The number of nitrogens with one attached hydrogen (secondary N) is 2. The van der Waals surface area contributed by atoms with E-state index >= 15 is 0 Å². The van der Waals surface area contributed by atoms with Crippen LogP contribution in [0.4, 0.5) is 0 Å². The molecule has 2 aliphatic carbocycles. The van der Waals surface area contributed by atoms with Gasteiger partial charge < -0.3 is 25.0 Å². The van der Waals surface area contributed by atoms with Crippen molar-refractivity contribution in [2.45, 2.75) is 51.2 Å². The van der Waals surface area contributed by atoms with Crippen LogP contribution in [0.25, 0.3) is 0 Å². The van der Waals surface area contributed by atoms with Crippen molar-refractivity contribution >= 4 is 5.96 Å². The van der Waals surface area contributed by atoms with E-state index in [9.17, 15) is 0 Å². The van der Waals surface area contributed by atoms with Gasteiger partial charge in [0.25, 0.3) is 0 Å². The van der Waals surface area contributed by atoms with Gasteiger partial charge in [0, 0.05) is 58.5 Å². The van der Waals surface area contributed by atoms with Crippen molar-refractivity contribution in [3.63, 3.8) is 0 Å². The largest absolute Gasteiger partial charge is 0.385 e. The second kappa shape index (κ2) is 9.59. The average Bonchev–Trinajstić information content (AvgIpc) is 2.50. The Bertz CT molecular complexity index is 398. The van der Waals surface area contributed by atoms with E-state index < -0.39 is 0 Å². The fourth-order valence-electron chi connectivity index (χ4n) is 3.96. The molecule has 0 aromatic heterocycles. The van der Waals surface area contributed by atoms with Gasteiger partial charge in [0.1, 0.15) is 0 Å². The Morgan fingerprint density at radius 1 is 1.33 bits per heavy atom. The van der Waals surface area contributed by atoms with Crippen LogP contribution in [0.2, 0.25) is 0 Å². The van der Waals surface area contributed by atoms with Crippen LogP contribution in [0, 0.1) is 5.41 Å². The smallest absolute Gasteiger partial charge is 0.191 e. The summed E-state index contributed by atoms with van der Waals surface area (Å²) < 4.78 is 11.0. The lowest BCUT2D eigenvalue weighted by atomic mass is 9.51. The first-order chi connectivity index (χ1) is 11.7. The number of hydrogen-bond acceptors (Lipinski definition) is 4. The van der Waals surface area contributed by atoms with E-state index in [-0.39, 0.29) is 0 Å². The minimum Gasteiger partial charge on any atom is -0.385 e. The maximum absolute atomic E-state index is 5.92. The zero-order valence-corrected chi connectivity index (χ0v) is 15.9. The average molecular weight is 341 g/mol. The number of hydrogen-bond donors (Lipinski definition) is 2. The predicted molar refractivity (Wildman–Crippen MR) is 98.6 cm³/mol. The normalized spacial score (nSPS) is 25.5. The van der Waals surface area contributed by atoms with Crippen molar-refractivity contribution in [1.82, 2.24) is 15.5 Å². The van der Waals surface area contributed by atoms with Gasteiger partial charge in [-0.2, -0.15) is 0 Å². The van der Waals surface area contributed by atoms with E-state index in [1.807, 2.05) is 7.05 Å². The molecule has 0 aromatic carbocycles. The van der Waals surface area contributed by atoms with Crippen molar-refractivity contribution in [2.24, 2.45) is 10.4 Å². The molecule has 2 atom stereocenters. The number of nitrogens with zero attached hydrogens (tertiary/aromatic N) is 2. The van der Waals surface area contributed by atoms with E-state index in [4.69, 9.17) is 9.47 Å². The third-order valence-corrected chi connectivity index (χ3v) is 5.65. The summed E-state index contributed by atoms with van der Waals surface area (Å²) >= 11 is 0. The summed E-state index contributed by atoms with van der Waals surface area (Å²) in [7, 11) is 5.75. The highest BCUT2D eigenvalue weighted by Crippen LogP contribution is 2.57. The van der Waals surface area contributed by atoms with Gasteiger partial charge in [-0.05, 0) is 39.7 Å². The Kier molecular flexibility index (Phi) is 7.78. The number of aliphatic imine (C=N–C) groups is 1. The first-order valence-corrected chi connectivity index (χ1v) is 9.42. The van der Waals surface area contributed by atoms with Crippen LogP contribution in [0.3, 0.4) is 0 Å². The molecule has 2 fully saturated rings. The first kappa shape index (κ1) is 19.5. The lowest BCUT2D eigenvalue weighted by Gasteiger charge is -2.61. The van der Waals surface area contributed by atoms with E-state index in [2.05, 4.69) is 34.5 Å². The number of likely N-dealkylation sites (N-methyl/N-ethyl adjacent to an activating group) is 1. The summed E-state index contributed by atoms with van der Waals surface area (Å²) in [4.78, 5) is 6.71. The van der Waals surface area contributed by atoms with Gasteiger partial charge in [-0.3, -0.25) is 4.99 Å². The van der Waals surface area contributed by atoms with Gasteiger partial charge in [0.2, 0.25) is 0 Å². The molecule has 0 radical (unpaired) electrons. The zero-order chi connectivity index (χ0) is 17.4. The Hall–Kier alpha value is -0.850. The number of ether oxygens (including phenoxy) is 2. The molecule has 0 amide bonds. The van der Waals surface area contributed by atoms with E-state index in [0.717, 1.165) is 51.6 Å². The quantitative estimate of drug-likeness (QED) is 0.358. The molecule has 2 N–H and O–H groups in total. The summed E-state index contributed by atoms with van der Waals surface area (Å²) in [5.74, 6) is 0.923. The molecule has 2 saturated carbocycles. The van der Waals surface area contributed by atoms with Crippen LogP contribution in [0.15, 0.2) is 4.99 Å². The molecule has 24 heavy (non-hydrogen) atoms. The van der Waals surface area contributed by atoms with Gasteiger partial charge in [-0.15, -0.1) is 0 Å². The van der Waals surface area contributed by atoms with Crippen molar-refractivity contribution in [2.75, 3.05) is 54.1 Å². The molecule has 1 spiro atoms. The molecule has 140 valence electrons. The van der Waals surface area contributed by atoms with Gasteiger partial charge in [-0.25, -0.2) is 0 Å². The third kappa shape index (κ3) is 4.61. The van der Waals surface area contributed by atoms with Gasteiger partial charge in [0.15, 0.2) is 5.96 Å². The summed E-state index contributed by atoms with van der Waals surface area (Å²) in [6.45, 7) is 6.70. The topological polar surface area (TPSA) is 58.1 Å². The van der Waals surface area contributed by atoms with Crippen LogP contribution in [-0.2, 0) is 9.47 Å². The van der Waals surface area contributed by atoms with Gasteiger partial charge >= 0.3 is 0 Å². The molecule has 0 bridgehead atoms. The highest BCUT2D eigenvalue weighted by molar-refractivity contribution is 5.80. The van der Waals surface area contributed by atoms with E-state index in [1.54, 1.807) is 7.11 Å². The fourth-order valence-corrected chi connectivity index (χ4v) is 3.96. The summed E-state index contributed by atoms with van der Waals surface area (Å²) in [6, 6.07) is 0.508. The second-order valence-corrected chi connectivity index (χ2v) is 7.11. The van der Waals surface area contributed by atoms with Gasteiger partial charge in [-0.1, -0.05) is 6.42 Å². The molecule has 2 rings (SSSR count). The molecule has 0 aliphatic heterocycles. The minimum absolute atomic E-state index is 0.366. The van der Waals surface area contributed by atoms with E-state index in [1.165, 1.54) is 19.3 Å². The Labute approximate surface area is 147 Å². The van der Waals surface area contributed by atoms with Crippen molar-refractivity contribution < 1.29 is 9.47 Å². The molecular weight excluding hydrogens is 304 g/mol. The maximum atomic E-state index is 5.92. The van der Waals surface area contributed by atoms with Gasteiger partial charge in [0.05, 0.1) is 6.10 Å². The molecule has 2 unspecified atom stereocenters. The van der Waals surface area contributed by atoms with Crippen molar-refractivity contribution in [3.05, 3.63) is 0 Å². The monoisotopic (exact) mass is 340 g/mol. The molecule has 6 heteroatoms. The number of methoxy groups -OCH3 is 1. The second-order valence-electron chi connectivity index (χ2n) is 7.11. The van der Waals surface area contributed by atoms with E-state index in [0.29, 0.717) is 17.6 Å². The van der Waals surface area contributed by atoms with Crippen molar-refractivity contribution in [3.8, 4) is 0 Å². The van der Waals surface area contributed by atoms with Crippen LogP contribution >= 0.6 is 0 Å². The van der Waals surface area contributed by atoms with Crippen LogP contribution in [0.1, 0.15) is 39.0 Å². The minimum atomic E-state index is 0.366. The van der Waals surface area contributed by atoms with Crippen LogP contribution < -0.4 is 10.6 Å². The number of guanidine groups is 1. The molecule has 0 aromatic rings. The highest BCUT2D eigenvalue weighted by atomic mass is 16.5. The highest BCUT2D eigenvalue weighted by Gasteiger charge is 2.59. The molecule has 2 aliphatic rings. The maximum Gasteiger partial charge on any atom is 0.191 e. The van der Waals surface area contributed by atoms with Crippen LogP contribution in [0.5, 0.6) is 0 Å². The summed E-state index contributed by atoms with van der Waals surface area (Å²) in [5.41, 5.74) is 0.366. The molecular formula is C18H36N4O2. The van der Waals surface area contributed by atoms with Crippen LogP contribution in [-0.4, -0.2) is 77.1 Å². The molecule has 6 nitrogen and oxygen atoms in total. The standard InChI is InChI=1S/C18H36N4O2/c1-5-24-16-14-15(18(16)8-6-9-18)21-17(19-2)20-10-12-22(3)11-7-13-23-4/h15-16H,5-14H2,1-4H3,(H2,19,20,21). The van der Waals surface area contributed by atoms with Crippen molar-refractivity contribution in [1.29, 1.82) is 0 Å². The molecule has 0 saturated heterocycles. The zero-order valence-electron chi connectivity index (χ0n) is 15.9. The lowest BCUT2D eigenvalue weighted by Crippen LogP contribution is -2.68. The third-order valence-electron chi connectivity index (χ3n) is 5.65. The SMILES string of the molecule is CCOC1CC(NC(=NC)NCCN(C)CCCOC)C12CCC2. The molecule has 0 heterocycles. The summed E-state index contributed by atoms with van der Waals surface area (Å²) in [6.07, 6.45) is 6.52.